The normalized spacial score (nSPS) is 10.9. The number of aryl methyl sites for hydroxylation is 1. The minimum Gasteiger partial charge on any atom is -0.497 e. The first kappa shape index (κ1) is 18.5. The SMILES string of the molecule is COc1ccc(CNC(=O)CSc2nc3sc(C)cc3c(=O)n2C)cc1. The molecule has 136 valence electrons. The van der Waals surface area contributed by atoms with Gasteiger partial charge in [0, 0.05) is 18.5 Å². The highest BCUT2D eigenvalue weighted by Gasteiger charge is 2.12. The first-order valence-electron chi connectivity index (χ1n) is 7.97. The monoisotopic (exact) mass is 389 g/mol. The molecule has 0 atom stereocenters. The molecule has 26 heavy (non-hydrogen) atoms. The second-order valence-electron chi connectivity index (χ2n) is 5.75. The van der Waals surface area contributed by atoms with Crippen molar-refractivity contribution < 1.29 is 9.53 Å². The number of ether oxygens (including phenoxy) is 1. The van der Waals surface area contributed by atoms with Crippen molar-refractivity contribution in [2.45, 2.75) is 18.6 Å². The summed E-state index contributed by atoms with van der Waals surface area (Å²) in [5.74, 6) is 0.871. The molecule has 2 aromatic heterocycles. The summed E-state index contributed by atoms with van der Waals surface area (Å²) < 4.78 is 6.61. The summed E-state index contributed by atoms with van der Waals surface area (Å²) in [5.41, 5.74) is 0.908. The van der Waals surface area contributed by atoms with Crippen molar-refractivity contribution in [2.24, 2.45) is 7.05 Å². The van der Waals surface area contributed by atoms with Gasteiger partial charge in [0.15, 0.2) is 5.16 Å². The highest BCUT2D eigenvalue weighted by Crippen LogP contribution is 2.23. The first-order valence-corrected chi connectivity index (χ1v) is 9.77. The molecular weight excluding hydrogens is 370 g/mol. The molecule has 6 nitrogen and oxygen atoms in total. The van der Waals surface area contributed by atoms with Crippen LogP contribution in [0.15, 0.2) is 40.3 Å². The van der Waals surface area contributed by atoms with E-state index in [1.54, 1.807) is 14.2 Å². The number of fused-ring (bicyclic) bond motifs is 1. The van der Waals surface area contributed by atoms with E-state index in [0.29, 0.717) is 21.9 Å². The highest BCUT2D eigenvalue weighted by atomic mass is 32.2. The van der Waals surface area contributed by atoms with Gasteiger partial charge in [-0.05, 0) is 30.7 Å². The lowest BCUT2D eigenvalue weighted by Gasteiger charge is -2.08. The maximum absolute atomic E-state index is 12.4. The Morgan fingerprint density at radius 1 is 1.35 bits per heavy atom. The zero-order chi connectivity index (χ0) is 18.7. The Bertz CT molecular complexity index is 993. The molecule has 0 aliphatic rings. The fourth-order valence-electron chi connectivity index (χ4n) is 2.42. The average Bonchev–Trinajstić information content (AvgIpc) is 3.02. The van der Waals surface area contributed by atoms with Gasteiger partial charge in [-0.15, -0.1) is 11.3 Å². The van der Waals surface area contributed by atoms with Crippen LogP contribution in [0.1, 0.15) is 10.4 Å². The minimum absolute atomic E-state index is 0.0829. The molecule has 0 saturated heterocycles. The molecule has 0 saturated carbocycles. The van der Waals surface area contributed by atoms with Gasteiger partial charge in [0.05, 0.1) is 18.2 Å². The van der Waals surface area contributed by atoms with E-state index in [4.69, 9.17) is 4.74 Å². The molecule has 1 aromatic carbocycles. The zero-order valence-corrected chi connectivity index (χ0v) is 16.4. The number of amides is 1. The number of carbonyl (C=O) groups is 1. The van der Waals surface area contributed by atoms with Crippen LogP contribution >= 0.6 is 23.1 Å². The quantitative estimate of drug-likeness (QED) is 0.518. The van der Waals surface area contributed by atoms with E-state index in [1.807, 2.05) is 37.3 Å². The van der Waals surface area contributed by atoms with Crippen molar-refractivity contribution in [2.75, 3.05) is 12.9 Å². The van der Waals surface area contributed by atoms with Gasteiger partial charge in [-0.25, -0.2) is 4.98 Å². The summed E-state index contributed by atoms with van der Waals surface area (Å²) in [6.07, 6.45) is 0. The second-order valence-corrected chi connectivity index (χ2v) is 7.93. The third kappa shape index (κ3) is 4.08. The number of thioether (sulfide) groups is 1. The fourth-order valence-corrected chi connectivity index (χ4v) is 4.14. The lowest BCUT2D eigenvalue weighted by molar-refractivity contribution is -0.118. The van der Waals surface area contributed by atoms with Crippen molar-refractivity contribution in [3.63, 3.8) is 0 Å². The molecule has 1 N–H and O–H groups in total. The fraction of sp³-hybridized carbons (Fsp3) is 0.278. The van der Waals surface area contributed by atoms with Crippen molar-refractivity contribution in [3.8, 4) is 5.75 Å². The predicted molar refractivity (Wildman–Crippen MR) is 105 cm³/mol. The molecule has 0 aliphatic carbocycles. The van der Waals surface area contributed by atoms with E-state index in [-0.39, 0.29) is 17.2 Å². The lowest BCUT2D eigenvalue weighted by Crippen LogP contribution is -2.25. The van der Waals surface area contributed by atoms with Crippen LogP contribution in [0.4, 0.5) is 0 Å². The predicted octanol–water partition coefficient (Wildman–Crippen LogP) is 2.72. The van der Waals surface area contributed by atoms with Crippen LogP contribution in [-0.2, 0) is 18.4 Å². The smallest absolute Gasteiger partial charge is 0.262 e. The van der Waals surface area contributed by atoms with Crippen LogP contribution in [0.5, 0.6) is 5.75 Å². The van der Waals surface area contributed by atoms with E-state index >= 15 is 0 Å². The lowest BCUT2D eigenvalue weighted by atomic mass is 10.2. The molecule has 0 bridgehead atoms. The van der Waals surface area contributed by atoms with Crippen molar-refractivity contribution >= 4 is 39.2 Å². The van der Waals surface area contributed by atoms with Gasteiger partial charge in [0.2, 0.25) is 5.91 Å². The number of methoxy groups -OCH3 is 1. The van der Waals surface area contributed by atoms with E-state index in [9.17, 15) is 9.59 Å². The van der Waals surface area contributed by atoms with Gasteiger partial charge in [0.25, 0.3) is 5.56 Å². The maximum Gasteiger partial charge on any atom is 0.262 e. The van der Waals surface area contributed by atoms with Gasteiger partial charge in [0.1, 0.15) is 10.6 Å². The molecule has 0 radical (unpaired) electrons. The summed E-state index contributed by atoms with van der Waals surface area (Å²) in [6.45, 7) is 2.39. The number of rotatable bonds is 6. The summed E-state index contributed by atoms with van der Waals surface area (Å²) in [6, 6.07) is 9.38. The van der Waals surface area contributed by atoms with Gasteiger partial charge in [-0.2, -0.15) is 0 Å². The van der Waals surface area contributed by atoms with E-state index in [0.717, 1.165) is 16.2 Å². The largest absolute Gasteiger partial charge is 0.497 e. The molecule has 1 amide bonds. The maximum atomic E-state index is 12.4. The molecule has 3 rings (SSSR count). The number of hydrogen-bond donors (Lipinski definition) is 1. The van der Waals surface area contributed by atoms with Gasteiger partial charge in [-0.1, -0.05) is 23.9 Å². The summed E-state index contributed by atoms with van der Waals surface area (Å²) in [4.78, 5) is 30.8. The summed E-state index contributed by atoms with van der Waals surface area (Å²) >= 11 is 2.75. The number of hydrogen-bond acceptors (Lipinski definition) is 6. The highest BCUT2D eigenvalue weighted by molar-refractivity contribution is 7.99. The average molecular weight is 390 g/mol. The van der Waals surface area contributed by atoms with Crippen LogP contribution in [0.2, 0.25) is 0 Å². The topological polar surface area (TPSA) is 73.2 Å². The third-order valence-corrected chi connectivity index (χ3v) is 5.81. The first-order chi connectivity index (χ1) is 12.5. The Labute approximate surface area is 159 Å². The Balaban J connectivity index is 1.61. The standard InChI is InChI=1S/C18H19N3O3S2/c1-11-8-14-16(26-11)20-18(21(2)17(14)23)25-10-15(22)19-9-12-4-6-13(24-3)7-5-12/h4-8H,9-10H2,1-3H3,(H,19,22). The number of nitrogens with one attached hydrogen (secondary N) is 1. The third-order valence-electron chi connectivity index (χ3n) is 3.84. The van der Waals surface area contributed by atoms with E-state index < -0.39 is 0 Å². The minimum atomic E-state index is -0.109. The van der Waals surface area contributed by atoms with Gasteiger partial charge < -0.3 is 10.1 Å². The molecule has 0 spiro atoms. The summed E-state index contributed by atoms with van der Waals surface area (Å²) in [7, 11) is 3.30. The molecule has 0 unspecified atom stereocenters. The molecule has 2 heterocycles. The molecular formula is C18H19N3O3S2. The Hall–Kier alpha value is -2.32. The van der Waals surface area contributed by atoms with Crippen LogP contribution < -0.4 is 15.6 Å². The van der Waals surface area contributed by atoms with Crippen molar-refractivity contribution in [1.29, 1.82) is 0 Å². The Morgan fingerprint density at radius 3 is 2.77 bits per heavy atom. The molecule has 3 aromatic rings. The van der Waals surface area contributed by atoms with Crippen molar-refractivity contribution in [3.05, 3.63) is 51.1 Å². The molecule has 8 heteroatoms. The van der Waals surface area contributed by atoms with E-state index in [2.05, 4.69) is 10.3 Å². The molecule has 0 aliphatic heterocycles. The number of benzene rings is 1. The van der Waals surface area contributed by atoms with Crippen LogP contribution in [0, 0.1) is 6.92 Å². The van der Waals surface area contributed by atoms with Crippen LogP contribution in [-0.4, -0.2) is 28.3 Å². The number of thiophene rings is 1. The Morgan fingerprint density at radius 2 is 2.08 bits per heavy atom. The van der Waals surface area contributed by atoms with Gasteiger partial charge in [-0.3, -0.25) is 14.2 Å². The van der Waals surface area contributed by atoms with Gasteiger partial charge >= 0.3 is 0 Å². The van der Waals surface area contributed by atoms with Crippen LogP contribution in [0.3, 0.4) is 0 Å². The molecule has 0 fully saturated rings. The van der Waals surface area contributed by atoms with Crippen LogP contribution in [0.25, 0.3) is 10.2 Å². The second kappa shape index (κ2) is 7.92. The number of aromatic nitrogens is 2. The Kier molecular flexibility index (Phi) is 5.63. The number of carbonyl (C=O) groups excluding carboxylic acids is 1. The summed E-state index contributed by atoms with van der Waals surface area (Å²) in [5, 5.41) is 4.04. The van der Waals surface area contributed by atoms with Crippen molar-refractivity contribution in [1.82, 2.24) is 14.9 Å². The van der Waals surface area contributed by atoms with E-state index in [1.165, 1.54) is 27.7 Å². The number of nitrogens with zero attached hydrogens (tertiary/aromatic N) is 2. The zero-order valence-electron chi connectivity index (χ0n) is 14.7.